The van der Waals surface area contributed by atoms with E-state index in [1.54, 1.807) is 37.1 Å². The van der Waals surface area contributed by atoms with Gasteiger partial charge in [-0.25, -0.2) is 4.39 Å². The third-order valence-corrected chi connectivity index (χ3v) is 9.59. The van der Waals surface area contributed by atoms with Crippen molar-refractivity contribution in [1.29, 1.82) is 0 Å². The number of carbonyl (C=O) groups is 2. The lowest BCUT2D eigenvalue weighted by Crippen LogP contribution is -2.52. The summed E-state index contributed by atoms with van der Waals surface area (Å²) >= 11 is 12.6. The molecule has 2 unspecified atom stereocenters. The zero-order valence-electron chi connectivity index (χ0n) is 23.5. The summed E-state index contributed by atoms with van der Waals surface area (Å²) in [5.41, 5.74) is 1.89. The molecule has 0 aromatic heterocycles. The molecule has 0 spiro atoms. The number of rotatable bonds is 9. The topological polar surface area (TPSA) is 52.7 Å². The van der Waals surface area contributed by atoms with Gasteiger partial charge in [-0.1, -0.05) is 71.7 Å². The SMILES string of the molecule is CC(=O)NC1(c2ccccc2)CCN(CCC2CC2(C(=O)N(C)Cc2ccc(F)cc2)c2ccc(Cl)c(Cl)c2)CC1. The van der Waals surface area contributed by atoms with Crippen molar-refractivity contribution in [3.05, 3.63) is 105 Å². The van der Waals surface area contributed by atoms with Gasteiger partial charge in [0.15, 0.2) is 0 Å². The number of amides is 2. The third kappa shape index (κ3) is 6.30. The Kier molecular flexibility index (Phi) is 8.74. The molecule has 3 aromatic carbocycles. The van der Waals surface area contributed by atoms with E-state index in [2.05, 4.69) is 22.3 Å². The number of benzene rings is 3. The van der Waals surface area contributed by atoms with Crippen LogP contribution in [0.5, 0.6) is 0 Å². The van der Waals surface area contributed by atoms with Crippen molar-refractivity contribution in [2.45, 2.75) is 50.1 Å². The molecule has 1 aliphatic carbocycles. The number of likely N-dealkylation sites (N-methyl/N-ethyl adjacent to an activating group) is 1. The summed E-state index contributed by atoms with van der Waals surface area (Å²) in [7, 11) is 1.80. The predicted octanol–water partition coefficient (Wildman–Crippen LogP) is 6.57. The smallest absolute Gasteiger partial charge is 0.233 e. The summed E-state index contributed by atoms with van der Waals surface area (Å²) in [5, 5.41) is 4.15. The van der Waals surface area contributed by atoms with Crippen LogP contribution >= 0.6 is 23.2 Å². The highest BCUT2D eigenvalue weighted by Crippen LogP contribution is 2.58. The molecule has 216 valence electrons. The molecule has 3 aromatic rings. The molecule has 0 bridgehead atoms. The minimum Gasteiger partial charge on any atom is -0.347 e. The number of hydrogen-bond acceptors (Lipinski definition) is 3. The van der Waals surface area contributed by atoms with Gasteiger partial charge in [-0.2, -0.15) is 0 Å². The molecule has 1 saturated heterocycles. The second kappa shape index (κ2) is 12.1. The van der Waals surface area contributed by atoms with Gasteiger partial charge in [0.2, 0.25) is 11.8 Å². The van der Waals surface area contributed by atoms with E-state index in [0.717, 1.165) is 62.0 Å². The predicted molar refractivity (Wildman–Crippen MR) is 161 cm³/mol. The fourth-order valence-corrected chi connectivity index (χ4v) is 6.84. The van der Waals surface area contributed by atoms with Crippen molar-refractivity contribution < 1.29 is 14.0 Å². The first-order valence-electron chi connectivity index (χ1n) is 14.2. The zero-order chi connectivity index (χ0) is 29.2. The average molecular weight is 597 g/mol. The molecule has 2 atom stereocenters. The first-order valence-corrected chi connectivity index (χ1v) is 14.9. The van der Waals surface area contributed by atoms with E-state index in [1.807, 2.05) is 30.3 Å². The zero-order valence-corrected chi connectivity index (χ0v) is 25.0. The van der Waals surface area contributed by atoms with E-state index in [4.69, 9.17) is 23.2 Å². The molecule has 1 aliphatic heterocycles. The monoisotopic (exact) mass is 595 g/mol. The summed E-state index contributed by atoms with van der Waals surface area (Å²) < 4.78 is 13.4. The average Bonchev–Trinajstić information content (AvgIpc) is 3.70. The van der Waals surface area contributed by atoms with Crippen molar-refractivity contribution in [1.82, 2.24) is 15.1 Å². The molecule has 41 heavy (non-hydrogen) atoms. The molecular formula is C33H36Cl2FN3O2. The molecule has 2 amide bonds. The maximum atomic E-state index is 14.0. The van der Waals surface area contributed by atoms with Gasteiger partial charge in [0, 0.05) is 33.6 Å². The maximum absolute atomic E-state index is 14.0. The Morgan fingerprint density at radius 3 is 2.29 bits per heavy atom. The van der Waals surface area contributed by atoms with Crippen LogP contribution in [0.4, 0.5) is 4.39 Å². The van der Waals surface area contributed by atoms with Gasteiger partial charge in [-0.05, 0) is 79.1 Å². The maximum Gasteiger partial charge on any atom is 0.233 e. The lowest BCUT2D eigenvalue weighted by Gasteiger charge is -2.43. The van der Waals surface area contributed by atoms with E-state index >= 15 is 0 Å². The van der Waals surface area contributed by atoms with Crippen LogP contribution in [0.15, 0.2) is 72.8 Å². The van der Waals surface area contributed by atoms with Gasteiger partial charge < -0.3 is 15.1 Å². The summed E-state index contributed by atoms with van der Waals surface area (Å²) in [6.07, 6.45) is 3.27. The lowest BCUT2D eigenvalue weighted by atomic mass is 9.80. The summed E-state index contributed by atoms with van der Waals surface area (Å²) in [4.78, 5) is 30.3. The Balaban J connectivity index is 1.28. The van der Waals surface area contributed by atoms with Crippen LogP contribution in [0.1, 0.15) is 49.3 Å². The molecule has 2 fully saturated rings. The highest BCUT2D eigenvalue weighted by molar-refractivity contribution is 6.42. The minimum absolute atomic E-state index is 0.0186. The molecule has 8 heteroatoms. The summed E-state index contributed by atoms with van der Waals surface area (Å²) in [6.45, 7) is 4.57. The summed E-state index contributed by atoms with van der Waals surface area (Å²) in [6, 6.07) is 22.0. The Bertz CT molecular complexity index is 1390. The molecule has 1 heterocycles. The van der Waals surface area contributed by atoms with Crippen LogP contribution < -0.4 is 5.32 Å². The van der Waals surface area contributed by atoms with E-state index in [-0.39, 0.29) is 29.1 Å². The van der Waals surface area contributed by atoms with Crippen LogP contribution in [0.25, 0.3) is 0 Å². The second-order valence-electron chi connectivity index (χ2n) is 11.5. The Labute approximate surface area is 251 Å². The Hall–Kier alpha value is -2.93. The summed E-state index contributed by atoms with van der Waals surface area (Å²) in [5.74, 6) is -0.111. The number of likely N-dealkylation sites (tertiary alicyclic amines) is 1. The highest BCUT2D eigenvalue weighted by atomic mass is 35.5. The number of nitrogens with one attached hydrogen (secondary N) is 1. The minimum atomic E-state index is -0.664. The fourth-order valence-electron chi connectivity index (χ4n) is 6.54. The number of halogens is 3. The number of carbonyl (C=O) groups excluding carboxylic acids is 2. The van der Waals surface area contributed by atoms with Gasteiger partial charge in [0.25, 0.3) is 0 Å². The van der Waals surface area contributed by atoms with Crippen molar-refractivity contribution in [3.63, 3.8) is 0 Å². The molecule has 1 saturated carbocycles. The van der Waals surface area contributed by atoms with Crippen LogP contribution in [-0.4, -0.2) is 48.3 Å². The van der Waals surface area contributed by atoms with Crippen molar-refractivity contribution in [2.24, 2.45) is 5.92 Å². The van der Waals surface area contributed by atoms with Crippen molar-refractivity contribution in [2.75, 3.05) is 26.7 Å². The molecule has 1 N–H and O–H groups in total. The van der Waals surface area contributed by atoms with E-state index in [0.29, 0.717) is 16.6 Å². The molecule has 0 radical (unpaired) electrons. The quantitative estimate of drug-likeness (QED) is 0.304. The lowest BCUT2D eigenvalue weighted by molar-refractivity contribution is -0.133. The number of hydrogen-bond donors (Lipinski definition) is 1. The standard InChI is InChI=1S/C33H36Cl2FN3O2/c1-23(40)37-32(25-6-4-3-5-7-25)15-18-39(19-16-32)17-14-27-21-33(27,26-10-13-29(34)30(35)20-26)31(41)38(2)22-24-8-11-28(36)12-9-24/h3-13,20,27H,14-19,21-22H2,1-2H3,(H,37,40). The molecule has 5 nitrogen and oxygen atoms in total. The third-order valence-electron chi connectivity index (χ3n) is 8.85. The van der Waals surface area contributed by atoms with Crippen LogP contribution in [0.3, 0.4) is 0 Å². The van der Waals surface area contributed by atoms with Crippen LogP contribution in [0, 0.1) is 11.7 Å². The second-order valence-corrected chi connectivity index (χ2v) is 12.4. The normalized spacial score (nSPS) is 21.7. The van der Waals surface area contributed by atoms with Crippen molar-refractivity contribution >= 4 is 35.0 Å². The Morgan fingerprint density at radius 1 is 0.976 bits per heavy atom. The first-order chi connectivity index (χ1) is 19.6. The van der Waals surface area contributed by atoms with E-state index in [9.17, 15) is 14.0 Å². The number of nitrogens with zero attached hydrogens (tertiary/aromatic N) is 2. The van der Waals surface area contributed by atoms with Gasteiger partial charge in [-0.3, -0.25) is 9.59 Å². The van der Waals surface area contributed by atoms with Gasteiger partial charge in [0.1, 0.15) is 5.82 Å². The van der Waals surface area contributed by atoms with Gasteiger partial charge in [0.05, 0.1) is 21.0 Å². The van der Waals surface area contributed by atoms with Gasteiger partial charge in [-0.15, -0.1) is 0 Å². The van der Waals surface area contributed by atoms with Crippen LogP contribution in [0.2, 0.25) is 10.0 Å². The van der Waals surface area contributed by atoms with E-state index in [1.165, 1.54) is 12.1 Å². The fraction of sp³-hybridized carbons (Fsp3) is 0.394. The van der Waals surface area contributed by atoms with Crippen molar-refractivity contribution in [3.8, 4) is 0 Å². The molecule has 2 aliphatic rings. The number of piperidine rings is 1. The van der Waals surface area contributed by atoms with Crippen LogP contribution in [-0.2, 0) is 27.1 Å². The first kappa shape index (κ1) is 29.6. The largest absolute Gasteiger partial charge is 0.347 e. The van der Waals surface area contributed by atoms with E-state index < -0.39 is 5.41 Å². The highest BCUT2D eigenvalue weighted by Gasteiger charge is 2.61. The van der Waals surface area contributed by atoms with Gasteiger partial charge >= 0.3 is 0 Å². The molecule has 5 rings (SSSR count). The Morgan fingerprint density at radius 2 is 1.66 bits per heavy atom. The molecular weight excluding hydrogens is 560 g/mol.